The second-order valence-corrected chi connectivity index (χ2v) is 23.0. The lowest BCUT2D eigenvalue weighted by Gasteiger charge is -2.30. The molecule has 8 unspecified atom stereocenters. The number of nitrogen functional groups attached to an aromatic ring is 1. The molecule has 10 N–H and O–H groups in total. The molecule has 3 rings (SSSR count). The lowest BCUT2D eigenvalue weighted by atomic mass is 9.87. The molecule has 2 aromatic rings. The minimum absolute atomic E-state index is 0.0339. The maximum absolute atomic E-state index is 12.7. The van der Waals surface area contributed by atoms with Crippen molar-refractivity contribution in [3.05, 3.63) is 12.7 Å². The van der Waals surface area contributed by atoms with E-state index >= 15 is 0 Å². The Kier molecular flexibility index (Phi) is 25.7. The Bertz CT molecular complexity index is 2030. The van der Waals surface area contributed by atoms with Crippen molar-refractivity contribution in [2.24, 2.45) is 11.3 Å². The lowest BCUT2D eigenvalue weighted by molar-refractivity contribution is -0.137. The van der Waals surface area contributed by atoms with Crippen molar-refractivity contribution in [2.75, 3.05) is 37.8 Å². The van der Waals surface area contributed by atoms with Crippen molar-refractivity contribution in [3.63, 3.8) is 0 Å². The van der Waals surface area contributed by atoms with Crippen molar-refractivity contribution in [3.8, 4) is 0 Å². The van der Waals surface area contributed by atoms with Gasteiger partial charge in [0.1, 0.15) is 36.3 Å². The van der Waals surface area contributed by atoms with Crippen molar-refractivity contribution in [1.29, 1.82) is 0 Å². The molecule has 390 valence electrons. The molecule has 2 aromatic heterocycles. The van der Waals surface area contributed by atoms with Gasteiger partial charge in [-0.2, -0.15) is 4.31 Å². The smallest absolute Gasteiger partial charge is 0.386 e. The topological polar surface area (TPSA) is 364 Å². The Balaban J connectivity index is 1.30. The van der Waals surface area contributed by atoms with Gasteiger partial charge >= 0.3 is 23.5 Å². The number of aromatic nitrogens is 4. The highest BCUT2D eigenvalue weighted by molar-refractivity contribution is 8.13. The number of anilines is 1. The molecular formula is C40H72N7O17P3S. The molecule has 1 fully saturated rings. The summed E-state index contributed by atoms with van der Waals surface area (Å²) in [6.07, 6.45) is 10.9. The van der Waals surface area contributed by atoms with E-state index in [9.17, 15) is 57.9 Å². The van der Waals surface area contributed by atoms with Gasteiger partial charge in [-0.05, 0) is 12.3 Å². The normalized spacial score (nSPS) is 20.4. The number of phosphoric ester groups is 3. The summed E-state index contributed by atoms with van der Waals surface area (Å²) >= 11 is 1.16. The number of phosphoric acid groups is 3. The predicted octanol–water partition coefficient (Wildman–Crippen LogP) is 5.17. The fourth-order valence-electron chi connectivity index (χ4n) is 7.25. The number of aliphatic hydroxyl groups is 2. The number of nitrogens with one attached hydrogen (secondary N) is 2. The van der Waals surface area contributed by atoms with Crippen LogP contribution in [0, 0.1) is 11.3 Å². The van der Waals surface area contributed by atoms with Gasteiger partial charge in [-0.15, -0.1) is 0 Å². The number of nitrogens with two attached hydrogens (primary N) is 1. The molecular weight excluding hydrogens is 975 g/mol. The van der Waals surface area contributed by atoms with Gasteiger partial charge in [0.05, 0.1) is 19.5 Å². The van der Waals surface area contributed by atoms with Crippen molar-refractivity contribution in [1.82, 2.24) is 30.2 Å². The number of thioether (sulfide) groups is 1. The SMILES string of the molecule is CCCCCCCCC(C)CCCCCCCCC(=O)SCCNC(=O)CCNC(=O)C(O)C(C)(C)COP(=O)(O)OP(=O)(O)OCC1OC(n2cnc3c(N)ncnc32)C(O)C1OP(=O)(O)O. The molecule has 1 aliphatic rings. The molecule has 0 aromatic carbocycles. The summed E-state index contributed by atoms with van der Waals surface area (Å²) in [5.74, 6) is -0.229. The van der Waals surface area contributed by atoms with Crippen LogP contribution in [0.15, 0.2) is 12.7 Å². The monoisotopic (exact) mass is 1050 g/mol. The first kappa shape index (κ1) is 59.9. The molecule has 2 amide bonds. The maximum Gasteiger partial charge on any atom is 0.481 e. The highest BCUT2D eigenvalue weighted by Crippen LogP contribution is 2.61. The number of carbonyl (C=O) groups is 3. The summed E-state index contributed by atoms with van der Waals surface area (Å²) in [6.45, 7) is 5.18. The summed E-state index contributed by atoms with van der Waals surface area (Å²) in [4.78, 5) is 88.5. The molecule has 0 radical (unpaired) electrons. The molecule has 3 heterocycles. The third-order valence-corrected chi connectivity index (χ3v) is 15.2. The largest absolute Gasteiger partial charge is 0.481 e. The zero-order chi connectivity index (χ0) is 50.5. The standard InChI is InChI=1S/C40H72N7O17P3S/c1-5-6-7-8-11-14-17-28(2)18-15-12-9-10-13-16-19-31(49)68-23-22-42-30(48)20-21-43-38(52)35(51)40(3,4)25-61-67(58,59)64-66(56,57)60-24-29-34(63-65(53,54)55)33(50)39(62-29)47-27-46-32-36(41)44-26-45-37(32)47/h26-29,33-35,39,50-51H,5-25H2,1-4H3,(H,42,48)(H,43,52)(H,56,57)(H,58,59)(H2,41,44,45)(H2,53,54,55). The minimum Gasteiger partial charge on any atom is -0.386 e. The van der Waals surface area contributed by atoms with Crippen LogP contribution in [0.5, 0.6) is 0 Å². The number of unbranched alkanes of at least 4 members (excludes halogenated alkanes) is 10. The summed E-state index contributed by atoms with van der Waals surface area (Å²) in [7, 11) is -16.4. The number of ether oxygens (including phenoxy) is 1. The maximum atomic E-state index is 12.7. The van der Waals surface area contributed by atoms with Crippen LogP contribution in [0.3, 0.4) is 0 Å². The van der Waals surface area contributed by atoms with Gasteiger partial charge < -0.3 is 50.9 Å². The van der Waals surface area contributed by atoms with Crippen LogP contribution >= 0.6 is 35.2 Å². The number of carbonyl (C=O) groups excluding carboxylic acids is 3. The average molecular weight is 1050 g/mol. The van der Waals surface area contributed by atoms with Gasteiger partial charge in [0.15, 0.2) is 22.8 Å². The zero-order valence-corrected chi connectivity index (χ0v) is 42.8. The highest BCUT2D eigenvalue weighted by Gasteiger charge is 2.50. The Morgan fingerprint density at radius 1 is 0.882 bits per heavy atom. The minimum atomic E-state index is -5.57. The van der Waals surface area contributed by atoms with Crippen molar-refractivity contribution >= 4 is 69.1 Å². The zero-order valence-electron chi connectivity index (χ0n) is 39.3. The molecule has 1 aliphatic heterocycles. The lowest BCUT2D eigenvalue weighted by Crippen LogP contribution is -2.46. The average Bonchev–Trinajstić information content (AvgIpc) is 3.82. The third kappa shape index (κ3) is 21.9. The number of fused-ring (bicyclic) bond motifs is 1. The number of rotatable bonds is 35. The number of aliphatic hydroxyl groups excluding tert-OH is 2. The Hall–Kier alpha value is -2.44. The number of hydrogen-bond acceptors (Lipinski definition) is 18. The number of amides is 2. The Labute approximate surface area is 401 Å². The number of nitrogens with zero attached hydrogens (tertiary/aromatic N) is 4. The molecule has 0 saturated carbocycles. The quantitative estimate of drug-likeness (QED) is 0.0317. The Morgan fingerprint density at radius 3 is 2.15 bits per heavy atom. The summed E-state index contributed by atoms with van der Waals surface area (Å²) in [5.41, 5.74) is 4.29. The molecule has 0 bridgehead atoms. The summed E-state index contributed by atoms with van der Waals surface area (Å²) in [5, 5.41) is 26.7. The van der Waals surface area contributed by atoms with Crippen LogP contribution in [-0.2, 0) is 50.7 Å². The van der Waals surface area contributed by atoms with E-state index in [0.717, 1.165) is 54.2 Å². The van der Waals surface area contributed by atoms with Gasteiger partial charge in [-0.3, -0.25) is 32.5 Å². The Morgan fingerprint density at radius 2 is 1.50 bits per heavy atom. The van der Waals surface area contributed by atoms with Gasteiger partial charge in [0, 0.05) is 37.1 Å². The fourth-order valence-corrected chi connectivity index (χ4v) is 10.8. The molecule has 8 atom stereocenters. The number of imidazole rings is 1. The van der Waals surface area contributed by atoms with Gasteiger partial charge in [0.25, 0.3) is 0 Å². The van der Waals surface area contributed by atoms with Crippen LogP contribution in [0.25, 0.3) is 11.2 Å². The molecule has 24 nitrogen and oxygen atoms in total. The van der Waals surface area contributed by atoms with Gasteiger partial charge in [-0.1, -0.05) is 123 Å². The van der Waals surface area contributed by atoms with Crippen LogP contribution in [-0.4, -0.2) is 123 Å². The van der Waals surface area contributed by atoms with Gasteiger partial charge in [-0.25, -0.2) is 28.6 Å². The first-order valence-corrected chi connectivity index (χ1v) is 28.5. The van der Waals surface area contributed by atoms with Crippen LogP contribution in [0.4, 0.5) is 5.82 Å². The van der Waals surface area contributed by atoms with E-state index in [1.165, 1.54) is 84.5 Å². The van der Waals surface area contributed by atoms with E-state index in [1.807, 2.05) is 0 Å². The highest BCUT2D eigenvalue weighted by atomic mass is 32.2. The third-order valence-electron chi connectivity index (χ3n) is 11.1. The second-order valence-electron chi connectivity index (χ2n) is 17.6. The van der Waals surface area contributed by atoms with Gasteiger partial charge in [0.2, 0.25) is 11.8 Å². The molecule has 68 heavy (non-hydrogen) atoms. The van der Waals surface area contributed by atoms with E-state index in [1.54, 1.807) is 0 Å². The molecule has 28 heteroatoms. The number of hydrogen-bond donors (Lipinski definition) is 9. The van der Waals surface area contributed by atoms with Crippen LogP contribution < -0.4 is 16.4 Å². The van der Waals surface area contributed by atoms with E-state index < -0.39 is 84.6 Å². The molecule has 0 spiro atoms. The van der Waals surface area contributed by atoms with E-state index in [2.05, 4.69) is 48.3 Å². The molecule has 1 saturated heterocycles. The van der Waals surface area contributed by atoms with Crippen molar-refractivity contribution in [2.45, 2.75) is 161 Å². The summed E-state index contributed by atoms with van der Waals surface area (Å²) < 4.78 is 62.5. The van der Waals surface area contributed by atoms with Crippen LogP contribution in [0.1, 0.15) is 137 Å². The molecule has 0 aliphatic carbocycles. The van der Waals surface area contributed by atoms with E-state index in [0.29, 0.717) is 12.2 Å². The van der Waals surface area contributed by atoms with Crippen molar-refractivity contribution < 1.29 is 80.5 Å². The first-order valence-electron chi connectivity index (χ1n) is 23.0. The van der Waals surface area contributed by atoms with Crippen LogP contribution in [0.2, 0.25) is 0 Å². The second kappa shape index (κ2) is 29.2. The first-order chi connectivity index (χ1) is 31.9. The summed E-state index contributed by atoms with van der Waals surface area (Å²) in [6, 6.07) is 0. The fraction of sp³-hybridized carbons (Fsp3) is 0.800. The van der Waals surface area contributed by atoms with E-state index in [-0.39, 0.29) is 41.6 Å². The predicted molar refractivity (Wildman–Crippen MR) is 251 cm³/mol. The van der Waals surface area contributed by atoms with E-state index in [4.69, 9.17) is 19.5 Å².